The van der Waals surface area contributed by atoms with Crippen LogP contribution in [0.1, 0.15) is 48.2 Å². The van der Waals surface area contributed by atoms with Gasteiger partial charge < -0.3 is 9.64 Å². The highest BCUT2D eigenvalue weighted by Gasteiger charge is 2.28. The summed E-state index contributed by atoms with van der Waals surface area (Å²) in [5.74, 6) is 0.880. The van der Waals surface area contributed by atoms with Crippen LogP contribution in [0.4, 0.5) is 0 Å². The fourth-order valence-electron chi connectivity index (χ4n) is 5.16. The Morgan fingerprint density at radius 1 is 0.903 bits per heavy atom. The minimum Gasteiger partial charge on any atom is -0.373 e. The van der Waals surface area contributed by atoms with Crippen molar-refractivity contribution >= 4 is 5.91 Å². The van der Waals surface area contributed by atoms with Crippen molar-refractivity contribution in [2.45, 2.75) is 51.7 Å². The number of nitrogens with zero attached hydrogens (tertiary/aromatic N) is 2. The standard InChI is InChI=1S/C27H36N2O2/c1-21-18-28(19-22(2)31-21)20-24-14-16-29(17-15-24)27(30)26-11-7-6-10-25(26)13-12-23-8-4-3-5-9-23/h3-11,21-22,24H,12-20H2,1-2H3. The van der Waals surface area contributed by atoms with Crippen LogP contribution >= 0.6 is 0 Å². The Bertz CT molecular complexity index is 835. The molecule has 4 heteroatoms. The van der Waals surface area contributed by atoms with E-state index in [4.69, 9.17) is 4.74 Å². The van der Waals surface area contributed by atoms with Crippen molar-refractivity contribution in [3.63, 3.8) is 0 Å². The van der Waals surface area contributed by atoms with Crippen molar-refractivity contribution in [3.05, 3.63) is 71.3 Å². The van der Waals surface area contributed by atoms with Gasteiger partial charge in [0.25, 0.3) is 5.91 Å². The first-order valence-electron chi connectivity index (χ1n) is 11.9. The van der Waals surface area contributed by atoms with E-state index in [0.29, 0.717) is 18.1 Å². The molecule has 0 saturated carbocycles. The molecule has 2 heterocycles. The monoisotopic (exact) mass is 420 g/mol. The molecule has 2 aliphatic heterocycles. The Morgan fingerprint density at radius 3 is 2.26 bits per heavy atom. The number of morpholine rings is 1. The van der Waals surface area contributed by atoms with Gasteiger partial charge in [-0.1, -0.05) is 48.5 Å². The summed E-state index contributed by atoms with van der Waals surface area (Å²) in [5.41, 5.74) is 3.36. The first-order valence-corrected chi connectivity index (χ1v) is 11.9. The number of carbonyl (C=O) groups excluding carboxylic acids is 1. The number of ether oxygens (including phenoxy) is 1. The number of piperidine rings is 1. The van der Waals surface area contributed by atoms with Crippen LogP contribution < -0.4 is 0 Å². The lowest BCUT2D eigenvalue weighted by Gasteiger charge is -2.39. The van der Waals surface area contributed by atoms with Gasteiger partial charge in [-0.2, -0.15) is 0 Å². The molecule has 0 aromatic heterocycles. The van der Waals surface area contributed by atoms with Gasteiger partial charge in [0.05, 0.1) is 12.2 Å². The summed E-state index contributed by atoms with van der Waals surface area (Å²) in [6.07, 6.45) is 4.69. The Morgan fingerprint density at radius 2 is 1.55 bits per heavy atom. The van der Waals surface area contributed by atoms with Crippen LogP contribution in [0.5, 0.6) is 0 Å². The molecule has 4 nitrogen and oxygen atoms in total. The molecular formula is C27H36N2O2. The highest BCUT2D eigenvalue weighted by atomic mass is 16.5. The molecule has 0 radical (unpaired) electrons. The van der Waals surface area contributed by atoms with Gasteiger partial charge >= 0.3 is 0 Å². The number of likely N-dealkylation sites (tertiary alicyclic amines) is 1. The quantitative estimate of drug-likeness (QED) is 0.693. The van der Waals surface area contributed by atoms with Gasteiger partial charge in [-0.15, -0.1) is 0 Å². The number of aryl methyl sites for hydroxylation is 2. The molecule has 2 atom stereocenters. The predicted octanol–water partition coefficient (Wildman–Crippen LogP) is 4.43. The summed E-state index contributed by atoms with van der Waals surface area (Å²) in [7, 11) is 0. The topological polar surface area (TPSA) is 32.8 Å². The number of hydrogen-bond donors (Lipinski definition) is 0. The zero-order valence-electron chi connectivity index (χ0n) is 19.0. The number of hydrogen-bond acceptors (Lipinski definition) is 3. The van der Waals surface area contributed by atoms with Gasteiger partial charge in [0.2, 0.25) is 0 Å². The molecule has 1 amide bonds. The summed E-state index contributed by atoms with van der Waals surface area (Å²) in [5, 5.41) is 0. The largest absolute Gasteiger partial charge is 0.373 e. The molecule has 0 spiro atoms. The average Bonchev–Trinajstić information content (AvgIpc) is 2.78. The smallest absolute Gasteiger partial charge is 0.254 e. The molecule has 2 aromatic rings. The van der Waals surface area contributed by atoms with Gasteiger partial charge in [-0.3, -0.25) is 9.69 Å². The molecule has 0 bridgehead atoms. The zero-order valence-corrected chi connectivity index (χ0v) is 19.0. The van der Waals surface area contributed by atoms with Gasteiger partial charge in [0.15, 0.2) is 0 Å². The fourth-order valence-corrected chi connectivity index (χ4v) is 5.16. The molecule has 0 N–H and O–H groups in total. The van der Waals surface area contributed by atoms with Crippen LogP contribution in [-0.2, 0) is 17.6 Å². The lowest BCUT2D eigenvalue weighted by atomic mass is 9.94. The van der Waals surface area contributed by atoms with Crippen LogP contribution in [0.2, 0.25) is 0 Å². The molecule has 4 rings (SSSR count). The lowest BCUT2D eigenvalue weighted by Crippen LogP contribution is -2.48. The van der Waals surface area contributed by atoms with E-state index in [0.717, 1.165) is 69.5 Å². The summed E-state index contributed by atoms with van der Waals surface area (Å²) >= 11 is 0. The van der Waals surface area contributed by atoms with Gasteiger partial charge in [0.1, 0.15) is 0 Å². The number of amides is 1. The van der Waals surface area contributed by atoms with Gasteiger partial charge in [-0.05, 0) is 62.6 Å². The Hall–Kier alpha value is -2.17. The number of benzene rings is 2. The third-order valence-corrected chi connectivity index (χ3v) is 6.69. The predicted molar refractivity (Wildman–Crippen MR) is 125 cm³/mol. The van der Waals surface area contributed by atoms with E-state index in [-0.39, 0.29) is 5.91 Å². The third-order valence-electron chi connectivity index (χ3n) is 6.69. The minimum atomic E-state index is 0.204. The lowest BCUT2D eigenvalue weighted by molar-refractivity contribution is -0.0728. The average molecular weight is 421 g/mol. The first-order chi connectivity index (χ1) is 15.1. The number of rotatable bonds is 6. The van der Waals surface area contributed by atoms with Crippen LogP contribution in [0.15, 0.2) is 54.6 Å². The highest BCUT2D eigenvalue weighted by Crippen LogP contribution is 2.23. The molecule has 31 heavy (non-hydrogen) atoms. The second-order valence-electron chi connectivity index (χ2n) is 9.35. The van der Waals surface area contributed by atoms with Crippen LogP contribution in [0.25, 0.3) is 0 Å². The molecule has 166 valence electrons. The second-order valence-corrected chi connectivity index (χ2v) is 9.35. The van der Waals surface area contributed by atoms with Crippen molar-refractivity contribution in [2.75, 3.05) is 32.7 Å². The van der Waals surface area contributed by atoms with Crippen molar-refractivity contribution in [1.82, 2.24) is 9.80 Å². The summed E-state index contributed by atoms with van der Waals surface area (Å²) in [6.45, 7) is 9.25. The maximum atomic E-state index is 13.3. The molecule has 2 unspecified atom stereocenters. The van der Waals surface area contributed by atoms with E-state index in [1.165, 1.54) is 5.56 Å². The number of carbonyl (C=O) groups is 1. The van der Waals surface area contributed by atoms with Gasteiger partial charge in [-0.25, -0.2) is 0 Å². The molecule has 0 aliphatic carbocycles. The summed E-state index contributed by atoms with van der Waals surface area (Å²) in [6, 6.07) is 18.7. The van der Waals surface area contributed by atoms with E-state index in [2.05, 4.69) is 54.0 Å². The molecule has 2 saturated heterocycles. The van der Waals surface area contributed by atoms with E-state index < -0.39 is 0 Å². The molecule has 2 fully saturated rings. The van der Waals surface area contributed by atoms with Crippen LogP contribution in [0, 0.1) is 5.92 Å². The van der Waals surface area contributed by atoms with Crippen molar-refractivity contribution < 1.29 is 9.53 Å². The maximum absolute atomic E-state index is 13.3. The third kappa shape index (κ3) is 5.96. The summed E-state index contributed by atoms with van der Waals surface area (Å²) in [4.78, 5) is 17.9. The Kier molecular flexibility index (Phi) is 7.41. The first kappa shape index (κ1) is 22.0. The molecule has 2 aromatic carbocycles. The van der Waals surface area contributed by atoms with E-state index in [1.807, 2.05) is 24.3 Å². The van der Waals surface area contributed by atoms with Crippen LogP contribution in [0.3, 0.4) is 0 Å². The minimum absolute atomic E-state index is 0.204. The van der Waals surface area contributed by atoms with E-state index in [9.17, 15) is 4.79 Å². The second kappa shape index (κ2) is 10.4. The molecular weight excluding hydrogens is 384 g/mol. The van der Waals surface area contributed by atoms with Crippen LogP contribution in [-0.4, -0.2) is 60.6 Å². The van der Waals surface area contributed by atoms with Crippen molar-refractivity contribution in [3.8, 4) is 0 Å². The van der Waals surface area contributed by atoms with E-state index in [1.54, 1.807) is 0 Å². The highest BCUT2D eigenvalue weighted by molar-refractivity contribution is 5.95. The SMILES string of the molecule is CC1CN(CC2CCN(C(=O)c3ccccc3CCc3ccccc3)CC2)CC(C)O1. The van der Waals surface area contributed by atoms with Gasteiger partial charge in [0, 0.05) is 38.3 Å². The zero-order chi connectivity index (χ0) is 21.6. The van der Waals surface area contributed by atoms with Crippen molar-refractivity contribution in [1.29, 1.82) is 0 Å². The normalized spacial score (nSPS) is 23.1. The Labute approximate surface area is 187 Å². The fraction of sp³-hybridized carbons (Fsp3) is 0.519. The van der Waals surface area contributed by atoms with E-state index >= 15 is 0 Å². The molecule has 2 aliphatic rings. The summed E-state index contributed by atoms with van der Waals surface area (Å²) < 4.78 is 5.87. The Balaban J connectivity index is 1.31. The van der Waals surface area contributed by atoms with Crippen molar-refractivity contribution in [2.24, 2.45) is 5.92 Å². The maximum Gasteiger partial charge on any atom is 0.254 e.